The molecule has 0 N–H and O–H groups in total. The minimum atomic E-state index is -0.353. The number of anilines is 1. The van der Waals surface area contributed by atoms with E-state index >= 15 is 0 Å². The number of ether oxygens (including phenoxy) is 1. The maximum atomic E-state index is 13.8. The molecule has 216 valence electrons. The lowest BCUT2D eigenvalue weighted by atomic mass is 9.96. The second kappa shape index (κ2) is 13.5. The zero-order chi connectivity index (χ0) is 29.7. The standard InChI is InChI=1S/C31H36N4O4S2/c1-5-7-16-34-27(33-15-11-14-23(19-33)30(38)39-6-2)24(20(3)25(18-32)28(34)36)17-26-29(37)35(31(40)41-26)21(4)22-12-9-8-10-13-22/h8-10,12-13,17,21,23H,5-7,11,14-16,19H2,1-4H3. The van der Waals surface area contributed by atoms with Crippen LogP contribution in [0.1, 0.15) is 74.8 Å². The molecule has 1 aromatic heterocycles. The summed E-state index contributed by atoms with van der Waals surface area (Å²) in [6, 6.07) is 11.6. The molecule has 0 saturated carbocycles. The highest BCUT2D eigenvalue weighted by atomic mass is 32.2. The third kappa shape index (κ3) is 6.26. The van der Waals surface area contributed by atoms with Gasteiger partial charge in [0.15, 0.2) is 0 Å². The minimum absolute atomic E-state index is 0.0585. The van der Waals surface area contributed by atoms with E-state index in [0.717, 1.165) is 24.8 Å². The fourth-order valence-corrected chi connectivity index (χ4v) is 6.86. The summed E-state index contributed by atoms with van der Waals surface area (Å²) in [5.41, 5.74) is 1.83. The summed E-state index contributed by atoms with van der Waals surface area (Å²) in [7, 11) is 0. The molecule has 2 unspecified atom stereocenters. The molecule has 2 saturated heterocycles. The molecule has 0 radical (unpaired) electrons. The number of rotatable bonds is 9. The van der Waals surface area contributed by atoms with Crippen molar-refractivity contribution in [1.82, 2.24) is 9.47 Å². The zero-order valence-corrected chi connectivity index (χ0v) is 25.6. The van der Waals surface area contributed by atoms with Crippen LogP contribution < -0.4 is 10.5 Å². The molecule has 1 aromatic carbocycles. The van der Waals surface area contributed by atoms with Crippen LogP contribution in [0.3, 0.4) is 0 Å². The number of amides is 1. The van der Waals surface area contributed by atoms with E-state index in [4.69, 9.17) is 17.0 Å². The van der Waals surface area contributed by atoms with Crippen LogP contribution in [0.25, 0.3) is 6.08 Å². The van der Waals surface area contributed by atoms with E-state index in [1.807, 2.05) is 44.2 Å². The summed E-state index contributed by atoms with van der Waals surface area (Å²) in [6.45, 7) is 9.29. The number of piperidine rings is 1. The van der Waals surface area contributed by atoms with Gasteiger partial charge in [-0.1, -0.05) is 67.7 Å². The molecule has 41 heavy (non-hydrogen) atoms. The average Bonchev–Trinajstić information content (AvgIpc) is 3.26. The molecule has 2 fully saturated rings. The molecule has 3 heterocycles. The van der Waals surface area contributed by atoms with Crippen molar-refractivity contribution in [3.63, 3.8) is 0 Å². The smallest absolute Gasteiger partial charge is 0.310 e. The summed E-state index contributed by atoms with van der Waals surface area (Å²) in [5, 5.41) is 9.98. The third-order valence-electron chi connectivity index (χ3n) is 7.69. The Morgan fingerprint density at radius 3 is 2.66 bits per heavy atom. The Balaban J connectivity index is 1.84. The van der Waals surface area contributed by atoms with E-state index in [-0.39, 0.29) is 35.0 Å². The molecule has 1 amide bonds. The fourth-order valence-electron chi connectivity index (χ4n) is 5.46. The number of carbonyl (C=O) groups excluding carboxylic acids is 2. The van der Waals surface area contributed by atoms with Crippen LogP contribution in [-0.4, -0.2) is 45.4 Å². The topological polar surface area (TPSA) is 95.6 Å². The molecule has 4 rings (SSSR count). The van der Waals surface area contributed by atoms with Crippen molar-refractivity contribution in [3.05, 3.63) is 67.8 Å². The summed E-state index contributed by atoms with van der Waals surface area (Å²) in [6.07, 6.45) is 4.83. The SMILES string of the molecule is CCCCn1c(N2CCCC(C(=O)OCC)C2)c(C=C2SC(=S)N(C(C)c3ccccc3)C2=O)c(C)c(C#N)c1=O. The Labute approximate surface area is 251 Å². The second-order valence-electron chi connectivity index (χ2n) is 10.3. The summed E-state index contributed by atoms with van der Waals surface area (Å²) < 4.78 is 7.43. The van der Waals surface area contributed by atoms with Crippen molar-refractivity contribution in [2.45, 2.75) is 66.0 Å². The van der Waals surface area contributed by atoms with Gasteiger partial charge in [-0.2, -0.15) is 5.26 Å². The monoisotopic (exact) mass is 592 g/mol. The Hall–Kier alpha value is -3.42. The lowest BCUT2D eigenvalue weighted by Crippen LogP contribution is -2.43. The largest absolute Gasteiger partial charge is 0.466 e. The highest BCUT2D eigenvalue weighted by molar-refractivity contribution is 8.26. The summed E-state index contributed by atoms with van der Waals surface area (Å²) in [5.74, 6) is -0.153. The van der Waals surface area contributed by atoms with Crippen molar-refractivity contribution in [1.29, 1.82) is 5.26 Å². The molecule has 0 aliphatic carbocycles. The molecule has 10 heteroatoms. The summed E-state index contributed by atoms with van der Waals surface area (Å²) in [4.78, 5) is 44.2. The van der Waals surface area contributed by atoms with Crippen molar-refractivity contribution in [2.75, 3.05) is 24.6 Å². The number of pyridine rings is 1. The van der Waals surface area contributed by atoms with Crippen LogP contribution in [0, 0.1) is 24.2 Å². The van der Waals surface area contributed by atoms with Crippen molar-refractivity contribution >= 4 is 52.1 Å². The first-order valence-electron chi connectivity index (χ1n) is 14.1. The number of aromatic nitrogens is 1. The van der Waals surface area contributed by atoms with Gasteiger partial charge in [-0.3, -0.25) is 23.9 Å². The van der Waals surface area contributed by atoms with E-state index < -0.39 is 0 Å². The molecule has 2 aliphatic heterocycles. The van der Waals surface area contributed by atoms with Crippen molar-refractivity contribution < 1.29 is 14.3 Å². The molecule has 2 aromatic rings. The van der Waals surface area contributed by atoms with Gasteiger partial charge < -0.3 is 9.64 Å². The van der Waals surface area contributed by atoms with Gasteiger partial charge in [0, 0.05) is 25.2 Å². The highest BCUT2D eigenvalue weighted by Gasteiger charge is 2.37. The van der Waals surface area contributed by atoms with E-state index in [1.165, 1.54) is 11.8 Å². The number of carbonyl (C=O) groups is 2. The number of thiocarbonyl (C=S) groups is 1. The quantitative estimate of drug-likeness (QED) is 0.212. The minimum Gasteiger partial charge on any atom is -0.466 e. The molecule has 2 atom stereocenters. The van der Waals surface area contributed by atoms with Crippen molar-refractivity contribution in [3.8, 4) is 6.07 Å². The number of nitriles is 1. The Bertz CT molecular complexity index is 1460. The molecule has 8 nitrogen and oxygen atoms in total. The molecule has 0 spiro atoms. The van der Waals surface area contributed by atoms with Crippen LogP contribution in [0.2, 0.25) is 0 Å². The maximum Gasteiger partial charge on any atom is 0.310 e. The van der Waals surface area contributed by atoms with Crippen LogP contribution in [-0.2, 0) is 20.9 Å². The van der Waals surface area contributed by atoms with Crippen LogP contribution >= 0.6 is 24.0 Å². The van der Waals surface area contributed by atoms with Crippen LogP contribution in [0.4, 0.5) is 5.82 Å². The maximum absolute atomic E-state index is 13.8. The van der Waals surface area contributed by atoms with Gasteiger partial charge in [0.1, 0.15) is 21.8 Å². The Kier molecular flexibility index (Phi) is 10.1. The molecule has 0 bridgehead atoms. The van der Waals surface area contributed by atoms with Gasteiger partial charge in [0.2, 0.25) is 0 Å². The highest BCUT2D eigenvalue weighted by Crippen LogP contribution is 2.40. The van der Waals surface area contributed by atoms with Gasteiger partial charge in [0.25, 0.3) is 11.5 Å². The Morgan fingerprint density at radius 2 is 2.00 bits per heavy atom. The number of esters is 1. The van der Waals surface area contributed by atoms with Crippen molar-refractivity contribution in [2.24, 2.45) is 5.92 Å². The number of nitrogens with zero attached hydrogens (tertiary/aromatic N) is 4. The molecular weight excluding hydrogens is 556 g/mol. The number of thioether (sulfide) groups is 1. The lowest BCUT2D eigenvalue weighted by Gasteiger charge is -2.36. The lowest BCUT2D eigenvalue weighted by molar-refractivity contribution is -0.148. The molecular formula is C31H36N4O4S2. The first kappa shape index (κ1) is 30.5. The van der Waals surface area contributed by atoms with Gasteiger partial charge in [-0.15, -0.1) is 0 Å². The van der Waals surface area contributed by atoms with Gasteiger partial charge >= 0.3 is 5.97 Å². The Morgan fingerprint density at radius 1 is 1.27 bits per heavy atom. The number of benzene rings is 1. The number of hydrogen-bond acceptors (Lipinski definition) is 8. The van der Waals surface area contributed by atoms with Gasteiger partial charge in [0.05, 0.1) is 23.5 Å². The van der Waals surface area contributed by atoms with E-state index in [9.17, 15) is 19.6 Å². The number of unbranched alkanes of at least 4 members (excludes halogenated alkanes) is 1. The summed E-state index contributed by atoms with van der Waals surface area (Å²) >= 11 is 6.88. The first-order valence-corrected chi connectivity index (χ1v) is 15.4. The van der Waals surface area contributed by atoms with Crippen LogP contribution in [0.15, 0.2) is 40.0 Å². The van der Waals surface area contributed by atoms with Gasteiger partial charge in [-0.05, 0) is 57.2 Å². The number of hydrogen-bond donors (Lipinski definition) is 0. The van der Waals surface area contributed by atoms with E-state index in [0.29, 0.717) is 58.8 Å². The van der Waals surface area contributed by atoms with E-state index in [1.54, 1.807) is 29.4 Å². The predicted octanol–water partition coefficient (Wildman–Crippen LogP) is 5.57. The average molecular weight is 593 g/mol. The predicted molar refractivity (Wildman–Crippen MR) is 167 cm³/mol. The fraction of sp³-hybridized carbons (Fsp3) is 0.452. The second-order valence-corrected chi connectivity index (χ2v) is 12.0. The van der Waals surface area contributed by atoms with Gasteiger partial charge in [-0.25, -0.2) is 0 Å². The third-order valence-corrected chi connectivity index (χ3v) is 9.02. The molecule has 2 aliphatic rings. The van der Waals surface area contributed by atoms with E-state index in [2.05, 4.69) is 11.0 Å². The zero-order valence-electron chi connectivity index (χ0n) is 24.0. The normalized spacial score (nSPS) is 19.0. The van der Waals surface area contributed by atoms with Crippen LogP contribution in [0.5, 0.6) is 0 Å². The first-order chi connectivity index (χ1) is 19.7.